The summed E-state index contributed by atoms with van der Waals surface area (Å²) in [7, 11) is 0. The lowest BCUT2D eigenvalue weighted by molar-refractivity contribution is 0.199. The molecule has 2 fully saturated rings. The molecule has 0 spiro atoms. The molecule has 1 N–H and O–H groups in total. The van der Waals surface area contributed by atoms with Gasteiger partial charge in [-0.25, -0.2) is 4.79 Å². The molecule has 0 bridgehead atoms. The predicted octanol–water partition coefficient (Wildman–Crippen LogP) is 5.69. The molecule has 1 saturated heterocycles. The number of rotatable bonds is 5. The van der Waals surface area contributed by atoms with Crippen LogP contribution in [-0.4, -0.2) is 41.8 Å². The Hall–Kier alpha value is -1.26. The zero-order chi connectivity index (χ0) is 18.8. The highest BCUT2D eigenvalue weighted by Crippen LogP contribution is 2.44. The first kappa shape index (κ1) is 21.4. The normalized spacial score (nSPS) is 24.9. The number of fused-ring (bicyclic) bond motifs is 3. The summed E-state index contributed by atoms with van der Waals surface area (Å²) < 4.78 is 0. The van der Waals surface area contributed by atoms with Gasteiger partial charge < -0.3 is 5.11 Å². The van der Waals surface area contributed by atoms with Crippen molar-refractivity contribution in [3.63, 3.8) is 0 Å². The third kappa shape index (κ3) is 4.18. The van der Waals surface area contributed by atoms with Gasteiger partial charge in [0, 0.05) is 18.5 Å². The van der Waals surface area contributed by atoms with Crippen molar-refractivity contribution < 1.29 is 9.90 Å². The Balaban J connectivity index is 0.00000225. The average Bonchev–Trinajstić information content (AvgIpc) is 3.11. The summed E-state index contributed by atoms with van der Waals surface area (Å²) in [5.74, 6) is 1.54. The molecule has 1 aromatic carbocycles. The molecule has 0 aromatic heterocycles. The molecule has 5 heteroatoms. The maximum Gasteiger partial charge on any atom is 0.411 e. The third-order valence-corrected chi connectivity index (χ3v) is 7.33. The Kier molecular flexibility index (Phi) is 7.27. The van der Waals surface area contributed by atoms with E-state index in [0.29, 0.717) is 18.5 Å². The van der Waals surface area contributed by atoms with E-state index < -0.39 is 6.09 Å². The topological polar surface area (TPSA) is 43.8 Å². The van der Waals surface area contributed by atoms with Gasteiger partial charge in [-0.05, 0) is 68.8 Å². The second-order valence-electron chi connectivity index (χ2n) is 8.70. The standard InChI is InChI=1S/C23H34N2O2.ClH/c1-2-25(23(26)27)22-10-6-9-18-19(22)11-12-21-20(18)14-16-24(21)15-13-17-7-4-3-5-8-17;/h6,9-10,17,20-21H,2-5,7-8,11-16H2,1H3,(H,26,27);1H/t20-,21+;/m1./s1. The smallest absolute Gasteiger partial charge is 0.411 e. The molecule has 1 heterocycles. The molecule has 28 heavy (non-hydrogen) atoms. The van der Waals surface area contributed by atoms with Gasteiger partial charge in [0.1, 0.15) is 0 Å². The SMILES string of the molecule is CCN(C(=O)O)c1cccc2c1CC[C@H]1[C@@H]2CCN1CCC1CCCCC1.Cl. The number of halogens is 1. The lowest BCUT2D eigenvalue weighted by Gasteiger charge is -2.36. The maximum atomic E-state index is 11.6. The van der Waals surface area contributed by atoms with Gasteiger partial charge >= 0.3 is 6.09 Å². The molecule has 1 aromatic rings. The van der Waals surface area contributed by atoms with Crippen molar-refractivity contribution in [2.75, 3.05) is 24.5 Å². The summed E-state index contributed by atoms with van der Waals surface area (Å²) in [5.41, 5.74) is 3.63. The lowest BCUT2D eigenvalue weighted by atomic mass is 9.78. The van der Waals surface area contributed by atoms with Gasteiger partial charge in [0.05, 0.1) is 5.69 Å². The van der Waals surface area contributed by atoms with Crippen LogP contribution in [0.15, 0.2) is 18.2 Å². The quantitative estimate of drug-likeness (QED) is 0.683. The number of hydrogen-bond acceptors (Lipinski definition) is 2. The lowest BCUT2D eigenvalue weighted by Crippen LogP contribution is -2.37. The van der Waals surface area contributed by atoms with E-state index in [0.717, 1.165) is 18.0 Å². The van der Waals surface area contributed by atoms with Gasteiger partial charge in [0.25, 0.3) is 0 Å². The highest BCUT2D eigenvalue weighted by molar-refractivity contribution is 5.87. The fourth-order valence-electron chi connectivity index (χ4n) is 5.93. The third-order valence-electron chi connectivity index (χ3n) is 7.33. The molecule has 3 aliphatic rings. The average molecular weight is 407 g/mol. The minimum atomic E-state index is -0.839. The minimum absolute atomic E-state index is 0. The largest absolute Gasteiger partial charge is 0.465 e. The van der Waals surface area contributed by atoms with Gasteiger partial charge in [0.15, 0.2) is 0 Å². The van der Waals surface area contributed by atoms with Gasteiger partial charge in [-0.15, -0.1) is 12.4 Å². The number of benzene rings is 1. The summed E-state index contributed by atoms with van der Waals surface area (Å²) in [4.78, 5) is 15.9. The molecule has 4 rings (SSSR count). The van der Waals surface area contributed by atoms with Gasteiger partial charge in [-0.3, -0.25) is 9.80 Å². The number of anilines is 1. The van der Waals surface area contributed by atoms with Crippen LogP contribution in [0.25, 0.3) is 0 Å². The Morgan fingerprint density at radius 2 is 1.96 bits per heavy atom. The highest BCUT2D eigenvalue weighted by Gasteiger charge is 2.39. The van der Waals surface area contributed by atoms with Crippen LogP contribution in [0.5, 0.6) is 0 Å². The molecule has 1 saturated carbocycles. The van der Waals surface area contributed by atoms with E-state index in [1.165, 1.54) is 80.5 Å². The van der Waals surface area contributed by atoms with Crippen LogP contribution in [0.2, 0.25) is 0 Å². The highest BCUT2D eigenvalue weighted by atomic mass is 35.5. The van der Waals surface area contributed by atoms with Crippen LogP contribution < -0.4 is 4.90 Å². The Morgan fingerprint density at radius 3 is 2.68 bits per heavy atom. The fourth-order valence-corrected chi connectivity index (χ4v) is 5.93. The molecule has 2 aliphatic carbocycles. The van der Waals surface area contributed by atoms with E-state index in [9.17, 15) is 9.90 Å². The first-order valence-corrected chi connectivity index (χ1v) is 11.0. The van der Waals surface area contributed by atoms with Crippen LogP contribution in [-0.2, 0) is 6.42 Å². The monoisotopic (exact) mass is 406 g/mol. The van der Waals surface area contributed by atoms with E-state index >= 15 is 0 Å². The molecule has 0 unspecified atom stereocenters. The first-order valence-electron chi connectivity index (χ1n) is 11.0. The van der Waals surface area contributed by atoms with Crippen molar-refractivity contribution in [2.24, 2.45) is 5.92 Å². The van der Waals surface area contributed by atoms with E-state index in [-0.39, 0.29) is 12.4 Å². The van der Waals surface area contributed by atoms with Gasteiger partial charge in [0.2, 0.25) is 0 Å². The summed E-state index contributed by atoms with van der Waals surface area (Å²) in [6.45, 7) is 4.90. The van der Waals surface area contributed by atoms with E-state index in [1.807, 2.05) is 13.0 Å². The first-order chi connectivity index (χ1) is 13.2. The van der Waals surface area contributed by atoms with E-state index in [2.05, 4.69) is 17.0 Å². The summed E-state index contributed by atoms with van der Waals surface area (Å²) in [5, 5.41) is 9.57. The molecule has 2 atom stereocenters. The number of carbonyl (C=O) groups is 1. The van der Waals surface area contributed by atoms with Crippen molar-refractivity contribution in [3.8, 4) is 0 Å². The van der Waals surface area contributed by atoms with Crippen molar-refractivity contribution in [3.05, 3.63) is 29.3 Å². The zero-order valence-electron chi connectivity index (χ0n) is 17.1. The molecule has 4 nitrogen and oxygen atoms in total. The summed E-state index contributed by atoms with van der Waals surface area (Å²) in [6, 6.07) is 6.98. The maximum absolute atomic E-state index is 11.6. The molecule has 1 aliphatic heterocycles. The minimum Gasteiger partial charge on any atom is -0.465 e. The van der Waals surface area contributed by atoms with Crippen LogP contribution in [0, 0.1) is 5.92 Å². The van der Waals surface area contributed by atoms with Crippen LogP contribution in [0.4, 0.5) is 10.5 Å². The number of nitrogens with zero attached hydrogens (tertiary/aromatic N) is 2. The number of amides is 1. The Bertz CT molecular complexity index is 675. The van der Waals surface area contributed by atoms with Crippen LogP contribution in [0.3, 0.4) is 0 Å². The zero-order valence-corrected chi connectivity index (χ0v) is 17.9. The van der Waals surface area contributed by atoms with Crippen LogP contribution in [0.1, 0.15) is 75.3 Å². The molecule has 0 radical (unpaired) electrons. The van der Waals surface area contributed by atoms with Crippen LogP contribution >= 0.6 is 12.4 Å². The summed E-state index contributed by atoms with van der Waals surface area (Å²) >= 11 is 0. The van der Waals surface area contributed by atoms with Crippen molar-refractivity contribution in [2.45, 2.75) is 76.7 Å². The number of carboxylic acid groups (broad SMARTS) is 1. The Labute approximate surface area is 175 Å². The number of likely N-dealkylation sites (tertiary alicyclic amines) is 1. The molecular formula is C23H35ClN2O2. The fraction of sp³-hybridized carbons (Fsp3) is 0.696. The van der Waals surface area contributed by atoms with Crippen molar-refractivity contribution in [1.29, 1.82) is 0 Å². The molecular weight excluding hydrogens is 372 g/mol. The summed E-state index contributed by atoms with van der Waals surface area (Å²) in [6.07, 6.45) is 11.1. The molecule has 156 valence electrons. The van der Waals surface area contributed by atoms with Gasteiger partial charge in [-0.2, -0.15) is 0 Å². The second-order valence-corrected chi connectivity index (χ2v) is 8.70. The van der Waals surface area contributed by atoms with E-state index in [4.69, 9.17) is 0 Å². The predicted molar refractivity (Wildman–Crippen MR) is 117 cm³/mol. The molecule has 1 amide bonds. The second kappa shape index (κ2) is 9.49. The van der Waals surface area contributed by atoms with Crippen molar-refractivity contribution in [1.82, 2.24) is 4.90 Å². The van der Waals surface area contributed by atoms with Gasteiger partial charge in [-0.1, -0.05) is 44.2 Å². The Morgan fingerprint density at radius 1 is 1.18 bits per heavy atom. The van der Waals surface area contributed by atoms with Crippen molar-refractivity contribution >= 4 is 24.2 Å². The van der Waals surface area contributed by atoms with E-state index in [1.54, 1.807) is 0 Å². The number of hydrogen-bond donors (Lipinski definition) is 1.